The van der Waals surface area contributed by atoms with Gasteiger partial charge in [0.1, 0.15) is 0 Å². The molecule has 0 aliphatic carbocycles. The summed E-state index contributed by atoms with van der Waals surface area (Å²) in [6.07, 6.45) is 2.55. The van der Waals surface area contributed by atoms with Gasteiger partial charge in [0, 0.05) is 32.1 Å². The lowest BCUT2D eigenvalue weighted by atomic mass is 10.3. The smallest absolute Gasteiger partial charge is 0.242 e. The van der Waals surface area contributed by atoms with E-state index in [4.69, 9.17) is 5.73 Å². The number of nitrogens with two attached hydrogens (primary N) is 1. The fraction of sp³-hybridized carbons (Fsp3) is 0.800. The summed E-state index contributed by atoms with van der Waals surface area (Å²) in [5.41, 5.74) is 5.66. The summed E-state index contributed by atoms with van der Waals surface area (Å²) < 4.78 is 0. The third kappa shape index (κ3) is 2.28. The molecule has 2 fully saturated rings. The summed E-state index contributed by atoms with van der Waals surface area (Å²) in [4.78, 5) is 26.6. The Morgan fingerprint density at radius 1 is 1.40 bits per heavy atom. The van der Waals surface area contributed by atoms with E-state index in [-0.39, 0.29) is 24.4 Å². The van der Waals surface area contributed by atoms with Gasteiger partial charge in [0.05, 0.1) is 6.54 Å². The van der Waals surface area contributed by atoms with Gasteiger partial charge in [0.2, 0.25) is 11.8 Å². The second-order valence-corrected chi connectivity index (χ2v) is 4.33. The molecule has 0 spiro atoms. The van der Waals surface area contributed by atoms with Crippen molar-refractivity contribution in [3.63, 3.8) is 0 Å². The number of hydrogen-bond donors (Lipinski definition) is 1. The lowest BCUT2D eigenvalue weighted by molar-refractivity contribution is -0.137. The third-order valence-corrected chi connectivity index (χ3v) is 3.03. The van der Waals surface area contributed by atoms with E-state index in [2.05, 4.69) is 0 Å². The van der Waals surface area contributed by atoms with Crippen molar-refractivity contribution in [3.8, 4) is 0 Å². The number of hydrogen-bond acceptors (Lipinski definition) is 3. The zero-order valence-electron chi connectivity index (χ0n) is 8.82. The number of nitrogens with zero attached hydrogens (tertiary/aromatic N) is 2. The van der Waals surface area contributed by atoms with E-state index in [0.717, 1.165) is 25.9 Å². The maximum atomic E-state index is 11.7. The molecular formula is C10H17N3O2. The fourth-order valence-electron chi connectivity index (χ4n) is 2.19. The molecule has 2 heterocycles. The van der Waals surface area contributed by atoms with Gasteiger partial charge in [-0.05, 0) is 12.8 Å². The molecule has 0 aromatic carbocycles. The largest absolute Gasteiger partial charge is 0.341 e. The molecule has 2 saturated heterocycles. The number of amides is 2. The van der Waals surface area contributed by atoms with Crippen LogP contribution in [0.15, 0.2) is 0 Å². The topological polar surface area (TPSA) is 66.6 Å². The molecule has 0 aromatic heterocycles. The Hall–Kier alpha value is -1.10. The van der Waals surface area contributed by atoms with Crippen LogP contribution in [-0.2, 0) is 9.59 Å². The van der Waals surface area contributed by atoms with Crippen molar-refractivity contribution in [1.29, 1.82) is 0 Å². The average Bonchev–Trinajstić information content (AvgIpc) is 2.76. The van der Waals surface area contributed by atoms with E-state index in [9.17, 15) is 9.59 Å². The van der Waals surface area contributed by atoms with Crippen LogP contribution >= 0.6 is 0 Å². The molecule has 15 heavy (non-hydrogen) atoms. The Bertz CT molecular complexity index is 274. The molecule has 84 valence electrons. The maximum absolute atomic E-state index is 11.7. The lowest BCUT2D eigenvalue weighted by Gasteiger charge is -2.20. The van der Waals surface area contributed by atoms with Crippen molar-refractivity contribution >= 4 is 11.8 Å². The van der Waals surface area contributed by atoms with Crippen LogP contribution in [0.4, 0.5) is 0 Å². The Morgan fingerprint density at radius 3 is 2.60 bits per heavy atom. The SMILES string of the molecule is NC1CC(=O)N(CC(=O)N2CCCC2)C1. The molecular weight excluding hydrogens is 194 g/mol. The monoisotopic (exact) mass is 211 g/mol. The first-order valence-corrected chi connectivity index (χ1v) is 5.48. The first kappa shape index (κ1) is 10.4. The van der Waals surface area contributed by atoms with Gasteiger partial charge in [0.15, 0.2) is 0 Å². The van der Waals surface area contributed by atoms with Crippen molar-refractivity contribution in [2.75, 3.05) is 26.2 Å². The highest BCUT2D eigenvalue weighted by molar-refractivity contribution is 5.86. The van der Waals surface area contributed by atoms with Crippen molar-refractivity contribution in [2.45, 2.75) is 25.3 Å². The maximum Gasteiger partial charge on any atom is 0.242 e. The zero-order chi connectivity index (χ0) is 10.8. The molecule has 5 nitrogen and oxygen atoms in total. The molecule has 2 N–H and O–H groups in total. The van der Waals surface area contributed by atoms with E-state index in [1.165, 1.54) is 0 Å². The minimum Gasteiger partial charge on any atom is -0.341 e. The predicted octanol–water partition coefficient (Wildman–Crippen LogP) is -0.832. The fourth-order valence-corrected chi connectivity index (χ4v) is 2.19. The summed E-state index contributed by atoms with van der Waals surface area (Å²) in [7, 11) is 0. The van der Waals surface area contributed by atoms with Crippen molar-refractivity contribution in [1.82, 2.24) is 9.80 Å². The van der Waals surface area contributed by atoms with Crippen LogP contribution in [0, 0.1) is 0 Å². The number of rotatable bonds is 2. The van der Waals surface area contributed by atoms with Gasteiger partial charge in [-0.15, -0.1) is 0 Å². The summed E-state index contributed by atoms with van der Waals surface area (Å²) >= 11 is 0. The van der Waals surface area contributed by atoms with Crippen LogP contribution in [0.25, 0.3) is 0 Å². The summed E-state index contributed by atoms with van der Waals surface area (Å²) in [5, 5.41) is 0. The summed E-state index contributed by atoms with van der Waals surface area (Å²) in [6, 6.07) is -0.0936. The van der Waals surface area contributed by atoms with Gasteiger partial charge in [-0.3, -0.25) is 9.59 Å². The predicted molar refractivity (Wildman–Crippen MR) is 55.0 cm³/mol. The van der Waals surface area contributed by atoms with Crippen LogP contribution < -0.4 is 5.73 Å². The number of carbonyl (C=O) groups excluding carboxylic acids is 2. The Kier molecular flexibility index (Phi) is 2.90. The first-order chi connectivity index (χ1) is 7.16. The molecule has 2 rings (SSSR count). The minimum absolute atomic E-state index is 0.00930. The summed E-state index contributed by atoms with van der Waals surface area (Å²) in [5.74, 6) is 0.0741. The van der Waals surface area contributed by atoms with E-state index in [0.29, 0.717) is 13.0 Å². The molecule has 2 aliphatic heterocycles. The molecule has 0 saturated carbocycles. The van der Waals surface area contributed by atoms with Crippen LogP contribution in [-0.4, -0.2) is 53.8 Å². The molecule has 5 heteroatoms. The molecule has 1 unspecified atom stereocenters. The van der Waals surface area contributed by atoms with Crippen molar-refractivity contribution in [3.05, 3.63) is 0 Å². The molecule has 2 amide bonds. The highest BCUT2D eigenvalue weighted by Crippen LogP contribution is 2.12. The van der Waals surface area contributed by atoms with Crippen LogP contribution in [0.2, 0.25) is 0 Å². The third-order valence-electron chi connectivity index (χ3n) is 3.03. The second-order valence-electron chi connectivity index (χ2n) is 4.33. The quantitative estimate of drug-likeness (QED) is 0.648. The zero-order valence-corrected chi connectivity index (χ0v) is 8.82. The van der Waals surface area contributed by atoms with Gasteiger partial charge in [0.25, 0.3) is 0 Å². The van der Waals surface area contributed by atoms with Crippen LogP contribution in [0.3, 0.4) is 0 Å². The van der Waals surface area contributed by atoms with Gasteiger partial charge in [-0.25, -0.2) is 0 Å². The Balaban J connectivity index is 1.85. The van der Waals surface area contributed by atoms with Gasteiger partial charge in [-0.1, -0.05) is 0 Å². The molecule has 0 bridgehead atoms. The van der Waals surface area contributed by atoms with Crippen molar-refractivity contribution in [2.24, 2.45) is 5.73 Å². The van der Waals surface area contributed by atoms with Gasteiger partial charge in [-0.2, -0.15) is 0 Å². The number of likely N-dealkylation sites (tertiary alicyclic amines) is 2. The van der Waals surface area contributed by atoms with Crippen molar-refractivity contribution < 1.29 is 9.59 Å². The molecule has 2 aliphatic rings. The van der Waals surface area contributed by atoms with E-state index in [1.807, 2.05) is 4.90 Å². The normalized spacial score (nSPS) is 26.5. The van der Waals surface area contributed by atoms with Crippen LogP contribution in [0.5, 0.6) is 0 Å². The standard InChI is InChI=1S/C10H17N3O2/c11-8-5-9(14)13(6-8)7-10(15)12-3-1-2-4-12/h8H,1-7,11H2. The first-order valence-electron chi connectivity index (χ1n) is 5.48. The number of carbonyl (C=O) groups is 2. The summed E-state index contributed by atoms with van der Waals surface area (Å²) in [6.45, 7) is 2.42. The molecule has 0 radical (unpaired) electrons. The van der Waals surface area contributed by atoms with E-state index >= 15 is 0 Å². The highest BCUT2D eigenvalue weighted by atomic mass is 16.2. The van der Waals surface area contributed by atoms with E-state index in [1.54, 1.807) is 4.90 Å². The highest BCUT2D eigenvalue weighted by Gasteiger charge is 2.30. The average molecular weight is 211 g/mol. The Morgan fingerprint density at radius 2 is 2.07 bits per heavy atom. The van der Waals surface area contributed by atoms with Crippen LogP contribution in [0.1, 0.15) is 19.3 Å². The lowest BCUT2D eigenvalue weighted by Crippen LogP contribution is -2.40. The molecule has 1 atom stereocenters. The van der Waals surface area contributed by atoms with Gasteiger partial charge >= 0.3 is 0 Å². The molecule has 0 aromatic rings. The van der Waals surface area contributed by atoms with E-state index < -0.39 is 0 Å². The second kappa shape index (κ2) is 4.18. The van der Waals surface area contributed by atoms with Gasteiger partial charge < -0.3 is 15.5 Å². The Labute approximate surface area is 89.2 Å². The minimum atomic E-state index is -0.0936.